The number of hydrogen-bond donors (Lipinski definition) is 0. The summed E-state index contributed by atoms with van der Waals surface area (Å²) in [4.78, 5) is 0. The summed E-state index contributed by atoms with van der Waals surface area (Å²) >= 11 is 0. The first-order chi connectivity index (χ1) is 11.6. The van der Waals surface area contributed by atoms with Crippen LogP contribution < -0.4 is 0 Å². The molecular weight excluding hydrogens is 320 g/mol. The van der Waals surface area contributed by atoms with Gasteiger partial charge in [0.1, 0.15) is 0 Å². The summed E-state index contributed by atoms with van der Waals surface area (Å²) in [6.45, 7) is 16.8. The number of allylic oxidation sites excluding steroid dienone is 3. The predicted molar refractivity (Wildman–Crippen MR) is 115 cm³/mol. The average Bonchev–Trinajstić information content (AvgIpc) is 2.53. The molecule has 0 aliphatic carbocycles. The summed E-state index contributed by atoms with van der Waals surface area (Å²) in [5.41, 5.74) is 4.28. The minimum absolute atomic E-state index is 0.283. The molecule has 0 amide bonds. The molecule has 0 radical (unpaired) electrons. The Morgan fingerprint density at radius 1 is 0.960 bits per heavy atom. The Balaban J connectivity index is 2.32. The van der Waals surface area contributed by atoms with Crippen molar-refractivity contribution in [1.82, 2.24) is 0 Å². The van der Waals surface area contributed by atoms with E-state index in [0.717, 1.165) is 32.3 Å². The third-order valence-corrected chi connectivity index (χ3v) is 9.75. The second-order valence-corrected chi connectivity index (χ2v) is 13.5. The SMILES string of the molecule is CC(=CCCc1ccccc1)CC/C=C(\C)CO[Si](C)(C)C(C)(C)C. The zero-order valence-electron chi connectivity index (χ0n) is 17.5. The van der Waals surface area contributed by atoms with Crippen molar-refractivity contribution < 1.29 is 4.43 Å². The second kappa shape index (κ2) is 10.1. The molecule has 1 nitrogen and oxygen atoms in total. The van der Waals surface area contributed by atoms with Crippen molar-refractivity contribution in [3.8, 4) is 0 Å². The van der Waals surface area contributed by atoms with Crippen molar-refractivity contribution >= 4 is 8.32 Å². The normalized spacial score (nSPS) is 14.0. The lowest BCUT2D eigenvalue weighted by molar-refractivity contribution is 0.318. The highest BCUT2D eigenvalue weighted by Gasteiger charge is 2.36. The molecule has 0 aliphatic rings. The fourth-order valence-electron chi connectivity index (χ4n) is 2.35. The van der Waals surface area contributed by atoms with E-state index in [-0.39, 0.29) is 5.04 Å². The maximum atomic E-state index is 6.28. The number of rotatable bonds is 9. The zero-order valence-corrected chi connectivity index (χ0v) is 18.5. The summed E-state index contributed by atoms with van der Waals surface area (Å²) < 4.78 is 6.28. The monoisotopic (exact) mass is 358 g/mol. The maximum Gasteiger partial charge on any atom is 0.192 e. The van der Waals surface area contributed by atoms with Gasteiger partial charge in [-0.2, -0.15) is 0 Å². The van der Waals surface area contributed by atoms with E-state index in [1.165, 1.54) is 16.7 Å². The molecule has 0 saturated carbocycles. The Labute approximate surface area is 157 Å². The molecule has 0 saturated heterocycles. The minimum atomic E-state index is -1.63. The molecule has 1 rings (SSSR count). The Hall–Kier alpha value is -1.12. The molecule has 0 unspecified atom stereocenters. The smallest absolute Gasteiger partial charge is 0.192 e. The van der Waals surface area contributed by atoms with Gasteiger partial charge in [0, 0.05) is 0 Å². The number of hydrogen-bond acceptors (Lipinski definition) is 1. The van der Waals surface area contributed by atoms with E-state index < -0.39 is 8.32 Å². The van der Waals surface area contributed by atoms with E-state index in [1.54, 1.807) is 0 Å². The number of benzene rings is 1. The summed E-state index contributed by atoms with van der Waals surface area (Å²) in [7, 11) is -1.63. The Morgan fingerprint density at radius 3 is 2.16 bits per heavy atom. The van der Waals surface area contributed by atoms with Gasteiger partial charge in [-0.15, -0.1) is 0 Å². The molecule has 0 N–H and O–H groups in total. The van der Waals surface area contributed by atoms with Crippen molar-refractivity contribution in [2.24, 2.45) is 0 Å². The van der Waals surface area contributed by atoms with Crippen molar-refractivity contribution in [2.45, 2.75) is 78.4 Å². The fraction of sp³-hybridized carbons (Fsp3) is 0.565. The van der Waals surface area contributed by atoms with Crippen LogP contribution in [0.5, 0.6) is 0 Å². The highest BCUT2D eigenvalue weighted by atomic mass is 28.4. The van der Waals surface area contributed by atoms with Crippen LogP contribution in [-0.2, 0) is 10.8 Å². The van der Waals surface area contributed by atoms with Crippen LogP contribution in [0.15, 0.2) is 53.6 Å². The van der Waals surface area contributed by atoms with E-state index >= 15 is 0 Å². The summed E-state index contributed by atoms with van der Waals surface area (Å²) in [6, 6.07) is 10.7. The van der Waals surface area contributed by atoms with Gasteiger partial charge in [0.2, 0.25) is 0 Å². The van der Waals surface area contributed by atoms with Gasteiger partial charge in [-0.3, -0.25) is 0 Å². The van der Waals surface area contributed by atoms with E-state index in [4.69, 9.17) is 4.43 Å². The Bertz CT molecular complexity index is 562. The van der Waals surface area contributed by atoms with Gasteiger partial charge in [0.05, 0.1) is 6.61 Å². The molecule has 2 heteroatoms. The standard InChI is InChI=1S/C23H38OSi/c1-20(14-12-18-22-16-9-8-10-17-22)13-11-15-21(2)19-24-25(6,7)23(3,4)5/h8-10,14-17H,11-13,18-19H2,1-7H3/b20-14?,21-15+. The third kappa shape index (κ3) is 8.69. The van der Waals surface area contributed by atoms with Crippen LogP contribution in [0, 0.1) is 0 Å². The molecule has 0 bridgehead atoms. The molecule has 0 aliphatic heterocycles. The van der Waals surface area contributed by atoms with Crippen molar-refractivity contribution in [3.05, 3.63) is 59.2 Å². The highest BCUT2D eigenvalue weighted by molar-refractivity contribution is 6.74. The van der Waals surface area contributed by atoms with Gasteiger partial charge < -0.3 is 4.43 Å². The Morgan fingerprint density at radius 2 is 1.56 bits per heavy atom. The summed E-state index contributed by atoms with van der Waals surface area (Å²) in [5, 5.41) is 0.283. The largest absolute Gasteiger partial charge is 0.413 e. The van der Waals surface area contributed by atoms with Gasteiger partial charge in [0.25, 0.3) is 0 Å². The minimum Gasteiger partial charge on any atom is -0.413 e. The summed E-state index contributed by atoms with van der Waals surface area (Å²) in [5.74, 6) is 0. The molecule has 25 heavy (non-hydrogen) atoms. The van der Waals surface area contributed by atoms with E-state index in [9.17, 15) is 0 Å². The van der Waals surface area contributed by atoms with Crippen LogP contribution in [0.25, 0.3) is 0 Å². The molecule has 1 aromatic rings. The predicted octanol–water partition coefficient (Wildman–Crippen LogP) is 7.31. The third-order valence-electron chi connectivity index (χ3n) is 5.27. The van der Waals surface area contributed by atoms with Crippen LogP contribution in [0.3, 0.4) is 0 Å². The van der Waals surface area contributed by atoms with Crippen molar-refractivity contribution in [2.75, 3.05) is 6.61 Å². The first-order valence-corrected chi connectivity index (χ1v) is 12.5. The Kier molecular flexibility index (Phi) is 8.88. The van der Waals surface area contributed by atoms with Crippen LogP contribution in [0.1, 0.15) is 59.4 Å². The fourth-order valence-corrected chi connectivity index (χ4v) is 3.37. The van der Waals surface area contributed by atoms with Crippen LogP contribution in [-0.4, -0.2) is 14.9 Å². The zero-order chi connectivity index (χ0) is 18.9. The average molecular weight is 359 g/mol. The maximum absolute atomic E-state index is 6.28. The van der Waals surface area contributed by atoms with Crippen molar-refractivity contribution in [1.29, 1.82) is 0 Å². The van der Waals surface area contributed by atoms with Gasteiger partial charge in [-0.05, 0) is 63.2 Å². The van der Waals surface area contributed by atoms with E-state index in [2.05, 4.69) is 90.2 Å². The molecule has 1 aromatic carbocycles. The molecular formula is C23H38OSi. The van der Waals surface area contributed by atoms with Gasteiger partial charge in [-0.25, -0.2) is 0 Å². The lowest BCUT2D eigenvalue weighted by atomic mass is 10.1. The van der Waals surface area contributed by atoms with Crippen LogP contribution in [0.2, 0.25) is 18.1 Å². The van der Waals surface area contributed by atoms with E-state index in [1.807, 2.05) is 0 Å². The highest BCUT2D eigenvalue weighted by Crippen LogP contribution is 2.36. The van der Waals surface area contributed by atoms with E-state index in [0.29, 0.717) is 0 Å². The van der Waals surface area contributed by atoms with Gasteiger partial charge in [0.15, 0.2) is 8.32 Å². The van der Waals surface area contributed by atoms with Crippen LogP contribution >= 0.6 is 0 Å². The molecule has 0 heterocycles. The van der Waals surface area contributed by atoms with Crippen molar-refractivity contribution in [3.63, 3.8) is 0 Å². The number of aryl methyl sites for hydroxylation is 1. The van der Waals surface area contributed by atoms with Gasteiger partial charge in [-0.1, -0.05) is 74.4 Å². The molecule has 0 aromatic heterocycles. The lowest BCUT2D eigenvalue weighted by Gasteiger charge is -2.36. The molecule has 0 atom stereocenters. The molecule has 140 valence electrons. The summed E-state index contributed by atoms with van der Waals surface area (Å²) in [6.07, 6.45) is 9.26. The van der Waals surface area contributed by atoms with Gasteiger partial charge >= 0.3 is 0 Å². The first-order valence-electron chi connectivity index (χ1n) is 9.61. The molecule has 0 fully saturated rings. The molecule has 0 spiro atoms. The lowest BCUT2D eigenvalue weighted by Crippen LogP contribution is -2.41. The second-order valence-electron chi connectivity index (χ2n) is 8.71. The quantitative estimate of drug-likeness (QED) is 0.332. The van der Waals surface area contributed by atoms with Crippen LogP contribution in [0.4, 0.5) is 0 Å². The first kappa shape index (κ1) is 21.9. The topological polar surface area (TPSA) is 9.23 Å².